The highest BCUT2D eigenvalue weighted by Gasteiger charge is 2.55. The van der Waals surface area contributed by atoms with Gasteiger partial charge in [0.05, 0.1) is 19.3 Å². The minimum Gasteiger partial charge on any atom is -0.497 e. The van der Waals surface area contributed by atoms with Gasteiger partial charge >= 0.3 is 0 Å². The standard InChI is InChI=1S/C23H21N5O4/c1-13-7-9-15(10-8-13)21-24-18(14(2)32-21)12-27-20-19(25-26-27)22(29)28(23(20)30)16-5-4-6-17(11-16)31-3/h4-11,19-20H,12H2,1-3H3/t19-,20+/m1/s1. The second kappa shape index (κ2) is 7.60. The molecule has 1 aromatic heterocycles. The monoisotopic (exact) mass is 431 g/mol. The van der Waals surface area contributed by atoms with Crippen LogP contribution in [0.5, 0.6) is 5.75 Å². The Morgan fingerprint density at radius 2 is 1.84 bits per heavy atom. The molecule has 0 spiro atoms. The molecule has 3 heterocycles. The van der Waals surface area contributed by atoms with Crippen molar-refractivity contribution in [1.82, 2.24) is 9.99 Å². The van der Waals surface area contributed by atoms with Crippen molar-refractivity contribution in [3.05, 3.63) is 65.5 Å². The number of fused-ring (bicyclic) bond motifs is 1. The number of hydrogen-bond donors (Lipinski definition) is 0. The molecule has 32 heavy (non-hydrogen) atoms. The predicted octanol–water partition coefficient (Wildman–Crippen LogP) is 3.46. The first-order valence-electron chi connectivity index (χ1n) is 10.2. The molecular formula is C23H21N5O4. The van der Waals surface area contributed by atoms with Crippen LogP contribution in [0.2, 0.25) is 0 Å². The summed E-state index contributed by atoms with van der Waals surface area (Å²) in [5.41, 5.74) is 3.09. The Hall–Kier alpha value is -4.01. The molecule has 2 aromatic carbocycles. The largest absolute Gasteiger partial charge is 0.497 e. The average molecular weight is 431 g/mol. The fourth-order valence-electron chi connectivity index (χ4n) is 3.91. The number of amides is 2. The number of carbonyl (C=O) groups is 2. The van der Waals surface area contributed by atoms with Crippen molar-refractivity contribution < 1.29 is 18.7 Å². The van der Waals surface area contributed by atoms with E-state index in [0.717, 1.165) is 16.0 Å². The van der Waals surface area contributed by atoms with Gasteiger partial charge in [-0.05, 0) is 38.1 Å². The highest BCUT2D eigenvalue weighted by molar-refractivity contribution is 6.25. The fraction of sp³-hybridized carbons (Fsp3) is 0.261. The van der Waals surface area contributed by atoms with Crippen molar-refractivity contribution in [1.29, 1.82) is 0 Å². The molecule has 0 unspecified atom stereocenters. The molecular weight excluding hydrogens is 410 g/mol. The summed E-state index contributed by atoms with van der Waals surface area (Å²) in [4.78, 5) is 31.9. The molecule has 0 saturated carbocycles. The number of methoxy groups -OCH3 is 1. The number of carbonyl (C=O) groups excluding carboxylic acids is 2. The van der Waals surface area contributed by atoms with E-state index in [2.05, 4.69) is 15.3 Å². The maximum absolute atomic E-state index is 13.2. The molecule has 2 aliphatic heterocycles. The molecule has 0 radical (unpaired) electrons. The third-order valence-corrected chi connectivity index (χ3v) is 5.67. The lowest BCUT2D eigenvalue weighted by Crippen LogP contribution is -2.39. The van der Waals surface area contributed by atoms with E-state index in [1.54, 1.807) is 24.3 Å². The molecule has 9 nitrogen and oxygen atoms in total. The summed E-state index contributed by atoms with van der Waals surface area (Å²) in [6.45, 7) is 4.03. The second-order valence-corrected chi connectivity index (χ2v) is 7.79. The van der Waals surface area contributed by atoms with Gasteiger partial charge in [0.1, 0.15) is 17.2 Å². The zero-order valence-corrected chi connectivity index (χ0v) is 17.8. The Morgan fingerprint density at radius 1 is 1.06 bits per heavy atom. The van der Waals surface area contributed by atoms with Crippen LogP contribution in [0.4, 0.5) is 5.69 Å². The summed E-state index contributed by atoms with van der Waals surface area (Å²) >= 11 is 0. The van der Waals surface area contributed by atoms with Gasteiger partial charge in [0.2, 0.25) is 5.89 Å². The second-order valence-electron chi connectivity index (χ2n) is 7.79. The van der Waals surface area contributed by atoms with Gasteiger partial charge in [-0.25, -0.2) is 9.88 Å². The minimum atomic E-state index is -0.877. The van der Waals surface area contributed by atoms with Crippen molar-refractivity contribution in [2.45, 2.75) is 32.5 Å². The van der Waals surface area contributed by atoms with Crippen LogP contribution in [0, 0.1) is 13.8 Å². The van der Waals surface area contributed by atoms with Crippen LogP contribution in [0.3, 0.4) is 0 Å². The van der Waals surface area contributed by atoms with Crippen molar-refractivity contribution in [3.63, 3.8) is 0 Å². The summed E-state index contributed by atoms with van der Waals surface area (Å²) in [6, 6.07) is 13.0. The van der Waals surface area contributed by atoms with Crippen LogP contribution in [0.25, 0.3) is 11.5 Å². The maximum Gasteiger partial charge on any atom is 0.263 e. The van der Waals surface area contributed by atoms with Crippen LogP contribution in [-0.2, 0) is 16.1 Å². The van der Waals surface area contributed by atoms with Gasteiger partial charge in [-0.1, -0.05) is 29.0 Å². The molecule has 2 aliphatic rings. The number of imide groups is 1. The number of oxazole rings is 1. The zero-order valence-electron chi connectivity index (χ0n) is 17.8. The van der Waals surface area contributed by atoms with E-state index in [9.17, 15) is 9.59 Å². The van der Waals surface area contributed by atoms with Crippen molar-refractivity contribution in [2.75, 3.05) is 12.0 Å². The number of hydrogen-bond acceptors (Lipinski definition) is 8. The molecule has 2 amide bonds. The summed E-state index contributed by atoms with van der Waals surface area (Å²) in [6.07, 6.45) is 0. The van der Waals surface area contributed by atoms with Gasteiger partial charge in [0.15, 0.2) is 12.1 Å². The lowest BCUT2D eigenvalue weighted by molar-refractivity contribution is -0.123. The normalized spacial score (nSPS) is 19.7. The van der Waals surface area contributed by atoms with Crippen LogP contribution >= 0.6 is 0 Å². The molecule has 162 valence electrons. The molecule has 0 bridgehead atoms. The van der Waals surface area contributed by atoms with Crippen molar-refractivity contribution >= 4 is 17.5 Å². The van der Waals surface area contributed by atoms with Gasteiger partial charge in [-0.2, -0.15) is 5.11 Å². The van der Waals surface area contributed by atoms with Gasteiger partial charge in [0, 0.05) is 11.6 Å². The van der Waals surface area contributed by atoms with E-state index in [4.69, 9.17) is 9.15 Å². The Bertz CT molecular complexity index is 1230. The smallest absolute Gasteiger partial charge is 0.263 e. The Balaban J connectivity index is 1.39. The van der Waals surface area contributed by atoms with Crippen LogP contribution in [0.1, 0.15) is 17.0 Å². The topological polar surface area (TPSA) is 101 Å². The van der Waals surface area contributed by atoms with Crippen molar-refractivity contribution in [2.24, 2.45) is 10.3 Å². The van der Waals surface area contributed by atoms with Gasteiger partial charge in [-0.3, -0.25) is 14.6 Å². The predicted molar refractivity (Wildman–Crippen MR) is 115 cm³/mol. The van der Waals surface area contributed by atoms with Crippen molar-refractivity contribution in [3.8, 4) is 17.2 Å². The van der Waals surface area contributed by atoms with Gasteiger partial charge < -0.3 is 9.15 Å². The van der Waals surface area contributed by atoms with Crippen LogP contribution in [-0.4, -0.2) is 41.0 Å². The number of ether oxygens (including phenoxy) is 1. The number of benzene rings is 2. The SMILES string of the molecule is COc1cccc(N2C(=O)[C@@H]3[C@@H](N=NN3Cc3nc(-c4ccc(C)cc4)oc3C)C2=O)c1. The summed E-state index contributed by atoms with van der Waals surface area (Å²) in [5, 5.41) is 9.68. The number of nitrogens with zero attached hydrogens (tertiary/aromatic N) is 5. The minimum absolute atomic E-state index is 0.205. The number of anilines is 1. The molecule has 9 heteroatoms. The number of aromatic nitrogens is 1. The zero-order chi connectivity index (χ0) is 22.4. The summed E-state index contributed by atoms with van der Waals surface area (Å²) in [7, 11) is 1.53. The Morgan fingerprint density at radius 3 is 2.59 bits per heavy atom. The first-order chi connectivity index (χ1) is 15.5. The molecule has 2 atom stereocenters. The van der Waals surface area contributed by atoms with E-state index in [1.165, 1.54) is 12.1 Å². The quantitative estimate of drug-likeness (QED) is 0.574. The Labute approximate surface area is 184 Å². The first kappa shape index (κ1) is 19.9. The molecule has 3 aromatic rings. The fourth-order valence-corrected chi connectivity index (χ4v) is 3.91. The lowest BCUT2D eigenvalue weighted by Gasteiger charge is -2.20. The molecule has 0 aliphatic carbocycles. The van der Waals surface area contributed by atoms with E-state index in [1.807, 2.05) is 38.1 Å². The maximum atomic E-state index is 13.2. The number of rotatable bonds is 5. The Kier molecular flexibility index (Phi) is 4.73. The highest BCUT2D eigenvalue weighted by atomic mass is 16.5. The van der Waals surface area contributed by atoms with Crippen LogP contribution in [0.15, 0.2) is 63.3 Å². The summed E-state index contributed by atoms with van der Waals surface area (Å²) < 4.78 is 11.1. The third kappa shape index (κ3) is 3.22. The first-order valence-corrected chi connectivity index (χ1v) is 10.2. The third-order valence-electron chi connectivity index (χ3n) is 5.67. The molecule has 1 saturated heterocycles. The van der Waals surface area contributed by atoms with E-state index >= 15 is 0 Å². The molecule has 5 rings (SSSR count). The van der Waals surface area contributed by atoms with E-state index < -0.39 is 18.0 Å². The van der Waals surface area contributed by atoms with Gasteiger partial charge in [-0.15, -0.1) is 0 Å². The summed E-state index contributed by atoms with van der Waals surface area (Å²) in [5.74, 6) is 0.896. The molecule has 0 N–H and O–H groups in total. The average Bonchev–Trinajstić information content (AvgIpc) is 3.44. The van der Waals surface area contributed by atoms with Gasteiger partial charge in [0.25, 0.3) is 11.8 Å². The van der Waals surface area contributed by atoms with E-state index in [0.29, 0.717) is 28.8 Å². The van der Waals surface area contributed by atoms with E-state index in [-0.39, 0.29) is 12.5 Å². The number of aryl methyl sites for hydroxylation is 2. The lowest BCUT2D eigenvalue weighted by atomic mass is 10.1. The molecule has 1 fully saturated rings. The van der Waals surface area contributed by atoms with Crippen LogP contribution < -0.4 is 9.64 Å². The highest BCUT2D eigenvalue weighted by Crippen LogP contribution is 2.34.